The van der Waals surface area contributed by atoms with Crippen LogP contribution in [-0.2, 0) is 6.67 Å². The number of pyridine rings is 1. The topological polar surface area (TPSA) is 50.3 Å². The van der Waals surface area contributed by atoms with Crippen LogP contribution in [0.4, 0.5) is 5.82 Å². The molecule has 0 radical (unpaired) electrons. The van der Waals surface area contributed by atoms with Crippen molar-refractivity contribution in [3.63, 3.8) is 0 Å². The lowest BCUT2D eigenvalue weighted by Gasteiger charge is -2.34. The highest BCUT2D eigenvalue weighted by Gasteiger charge is 2.19. The van der Waals surface area contributed by atoms with Gasteiger partial charge in [-0.25, -0.2) is 9.67 Å². The Morgan fingerprint density at radius 1 is 0.960 bits per heavy atom. The highest BCUT2D eigenvalue weighted by molar-refractivity contribution is 7.71. The normalized spacial score (nSPS) is 15.4. The third-order valence-corrected chi connectivity index (χ3v) is 4.60. The van der Waals surface area contributed by atoms with Gasteiger partial charge in [0.25, 0.3) is 4.84 Å². The number of hydrogen-bond donors (Lipinski definition) is 0. The van der Waals surface area contributed by atoms with Crippen LogP contribution in [0, 0.1) is 4.84 Å². The lowest BCUT2D eigenvalue weighted by Crippen LogP contribution is -2.47. The van der Waals surface area contributed by atoms with E-state index in [9.17, 15) is 0 Å². The summed E-state index contributed by atoms with van der Waals surface area (Å²) in [5.74, 6) is 1.60. The molecule has 128 valence electrons. The van der Waals surface area contributed by atoms with Crippen LogP contribution in [0.3, 0.4) is 0 Å². The van der Waals surface area contributed by atoms with Crippen LogP contribution in [0.1, 0.15) is 0 Å². The van der Waals surface area contributed by atoms with Crippen molar-refractivity contribution in [2.45, 2.75) is 6.67 Å². The minimum Gasteiger partial charge on any atom is -0.409 e. The zero-order chi connectivity index (χ0) is 17.1. The Hall–Kier alpha value is -2.51. The number of benzene rings is 1. The summed E-state index contributed by atoms with van der Waals surface area (Å²) in [6.45, 7) is 4.39. The van der Waals surface area contributed by atoms with Crippen LogP contribution in [0.2, 0.25) is 0 Å². The Bertz CT molecular complexity index is 869. The van der Waals surface area contributed by atoms with Gasteiger partial charge in [-0.05, 0) is 36.5 Å². The number of nitrogens with zero attached hydrogens (tertiary/aromatic N) is 5. The molecular formula is C18H19N5OS. The van der Waals surface area contributed by atoms with Crippen LogP contribution < -0.4 is 4.90 Å². The van der Waals surface area contributed by atoms with Gasteiger partial charge in [-0.3, -0.25) is 4.90 Å². The summed E-state index contributed by atoms with van der Waals surface area (Å²) in [5.41, 5.74) is 0.937. The van der Waals surface area contributed by atoms with Crippen molar-refractivity contribution in [3.05, 3.63) is 59.6 Å². The number of rotatable bonds is 4. The van der Waals surface area contributed by atoms with E-state index in [1.165, 1.54) is 0 Å². The second kappa shape index (κ2) is 7.16. The Morgan fingerprint density at radius 2 is 1.72 bits per heavy atom. The lowest BCUT2D eigenvalue weighted by atomic mass is 10.2. The fraction of sp³-hybridized carbons (Fsp3) is 0.278. The molecular weight excluding hydrogens is 334 g/mol. The number of piperazine rings is 1. The predicted octanol–water partition coefficient (Wildman–Crippen LogP) is 3.05. The SMILES string of the molecule is S=c1oc(-c2ccccc2)nn1CN1CCN(c2ccccn2)CC1. The Balaban J connectivity index is 1.41. The smallest absolute Gasteiger partial charge is 0.288 e. The van der Waals surface area contributed by atoms with Crippen LogP contribution in [0.25, 0.3) is 11.5 Å². The largest absolute Gasteiger partial charge is 0.409 e. The highest BCUT2D eigenvalue weighted by atomic mass is 32.1. The van der Waals surface area contributed by atoms with Crippen LogP contribution in [-0.4, -0.2) is 45.8 Å². The first-order valence-corrected chi connectivity index (χ1v) is 8.72. The quantitative estimate of drug-likeness (QED) is 0.672. The first-order valence-electron chi connectivity index (χ1n) is 8.31. The van der Waals surface area contributed by atoms with Crippen LogP contribution >= 0.6 is 12.2 Å². The molecule has 3 heterocycles. The molecule has 1 aliphatic heterocycles. The summed E-state index contributed by atoms with van der Waals surface area (Å²) in [4.78, 5) is 9.45. The van der Waals surface area contributed by atoms with Gasteiger partial charge in [-0.15, -0.1) is 5.10 Å². The van der Waals surface area contributed by atoms with E-state index in [0.717, 1.165) is 37.6 Å². The Morgan fingerprint density at radius 3 is 2.44 bits per heavy atom. The molecule has 0 unspecified atom stereocenters. The lowest BCUT2D eigenvalue weighted by molar-refractivity contribution is 0.192. The molecule has 2 aromatic heterocycles. The maximum absolute atomic E-state index is 5.65. The van der Waals surface area contributed by atoms with Crippen molar-refractivity contribution in [3.8, 4) is 11.5 Å². The molecule has 7 heteroatoms. The number of aromatic nitrogens is 3. The van der Waals surface area contributed by atoms with Gasteiger partial charge in [0.1, 0.15) is 5.82 Å². The van der Waals surface area contributed by atoms with Gasteiger partial charge in [0.05, 0.1) is 6.67 Å². The zero-order valence-corrected chi connectivity index (χ0v) is 14.6. The number of anilines is 1. The van der Waals surface area contributed by atoms with E-state index in [4.69, 9.17) is 16.6 Å². The van der Waals surface area contributed by atoms with Gasteiger partial charge in [0, 0.05) is 37.9 Å². The molecule has 25 heavy (non-hydrogen) atoms. The number of hydrogen-bond acceptors (Lipinski definition) is 6. The fourth-order valence-electron chi connectivity index (χ4n) is 2.94. The molecule has 1 aliphatic rings. The minimum absolute atomic E-state index is 0.408. The molecule has 0 bridgehead atoms. The first-order chi connectivity index (χ1) is 12.3. The third-order valence-electron chi connectivity index (χ3n) is 4.31. The van der Waals surface area contributed by atoms with E-state index in [1.807, 2.05) is 48.7 Å². The van der Waals surface area contributed by atoms with E-state index >= 15 is 0 Å². The monoisotopic (exact) mass is 353 g/mol. The van der Waals surface area contributed by atoms with Gasteiger partial charge in [0.15, 0.2) is 0 Å². The maximum atomic E-state index is 5.65. The van der Waals surface area contributed by atoms with E-state index < -0.39 is 0 Å². The third kappa shape index (κ3) is 3.62. The molecule has 6 nitrogen and oxygen atoms in total. The molecule has 0 spiro atoms. The summed E-state index contributed by atoms with van der Waals surface area (Å²) in [6, 6.07) is 15.8. The standard InChI is InChI=1S/C18H19N5OS/c25-18-23(20-17(24-18)15-6-2-1-3-7-15)14-21-10-12-22(13-11-21)16-8-4-5-9-19-16/h1-9H,10-14H2. The summed E-state index contributed by atoms with van der Waals surface area (Å²) in [6.07, 6.45) is 1.83. The summed E-state index contributed by atoms with van der Waals surface area (Å²) < 4.78 is 7.41. The molecule has 1 aromatic carbocycles. The second-order valence-corrected chi connectivity index (χ2v) is 6.32. The minimum atomic E-state index is 0.408. The maximum Gasteiger partial charge on any atom is 0.288 e. The zero-order valence-electron chi connectivity index (χ0n) is 13.8. The van der Waals surface area contributed by atoms with Crippen molar-refractivity contribution < 1.29 is 4.42 Å². The Labute approximate surface area is 151 Å². The predicted molar refractivity (Wildman–Crippen MR) is 98.8 cm³/mol. The van der Waals surface area contributed by atoms with E-state index in [0.29, 0.717) is 17.4 Å². The van der Waals surface area contributed by atoms with Gasteiger partial charge in [-0.1, -0.05) is 24.3 Å². The van der Waals surface area contributed by atoms with Crippen molar-refractivity contribution in [2.75, 3.05) is 31.1 Å². The average Bonchev–Trinajstić information content (AvgIpc) is 3.04. The first kappa shape index (κ1) is 16.0. The van der Waals surface area contributed by atoms with E-state index in [-0.39, 0.29) is 0 Å². The summed E-state index contributed by atoms with van der Waals surface area (Å²) >= 11 is 5.33. The van der Waals surface area contributed by atoms with Crippen molar-refractivity contribution >= 4 is 18.0 Å². The molecule has 1 saturated heterocycles. The van der Waals surface area contributed by atoms with Crippen LogP contribution in [0.5, 0.6) is 0 Å². The molecule has 4 rings (SSSR count). The van der Waals surface area contributed by atoms with E-state index in [2.05, 4.69) is 25.9 Å². The van der Waals surface area contributed by atoms with Gasteiger partial charge < -0.3 is 9.32 Å². The molecule has 0 saturated carbocycles. The van der Waals surface area contributed by atoms with Crippen LogP contribution in [0.15, 0.2) is 59.1 Å². The van der Waals surface area contributed by atoms with Crippen molar-refractivity contribution in [1.82, 2.24) is 19.7 Å². The molecule has 0 amide bonds. The molecule has 3 aromatic rings. The van der Waals surface area contributed by atoms with Gasteiger partial charge >= 0.3 is 0 Å². The van der Waals surface area contributed by atoms with Crippen molar-refractivity contribution in [1.29, 1.82) is 0 Å². The fourth-order valence-corrected chi connectivity index (χ4v) is 3.12. The Kier molecular flexibility index (Phi) is 4.58. The van der Waals surface area contributed by atoms with Gasteiger partial charge in [-0.2, -0.15) is 0 Å². The molecule has 1 fully saturated rings. The summed E-state index contributed by atoms with van der Waals surface area (Å²) in [7, 11) is 0. The van der Waals surface area contributed by atoms with Crippen molar-refractivity contribution in [2.24, 2.45) is 0 Å². The summed E-state index contributed by atoms with van der Waals surface area (Å²) in [5, 5.41) is 4.53. The second-order valence-electron chi connectivity index (χ2n) is 5.97. The van der Waals surface area contributed by atoms with E-state index in [1.54, 1.807) is 4.68 Å². The molecule has 0 atom stereocenters. The molecule has 0 N–H and O–H groups in total. The molecule has 0 aliphatic carbocycles. The van der Waals surface area contributed by atoms with Gasteiger partial charge in [0.2, 0.25) is 5.89 Å². The average molecular weight is 353 g/mol. The highest BCUT2D eigenvalue weighted by Crippen LogP contribution is 2.18.